The molecule has 1 aliphatic heterocycles. The average Bonchev–Trinajstić information content (AvgIpc) is 3.41. The maximum atomic E-state index is 13.4. The van der Waals surface area contributed by atoms with Crippen molar-refractivity contribution in [1.29, 1.82) is 0 Å². The molecule has 36 heavy (non-hydrogen) atoms. The Kier molecular flexibility index (Phi) is 6.03. The van der Waals surface area contributed by atoms with E-state index in [0.717, 1.165) is 5.56 Å². The predicted octanol–water partition coefficient (Wildman–Crippen LogP) is 2.27. The van der Waals surface area contributed by atoms with Crippen LogP contribution in [0.3, 0.4) is 0 Å². The number of sulfonamides is 1. The van der Waals surface area contributed by atoms with E-state index in [1.165, 1.54) is 15.6 Å². The van der Waals surface area contributed by atoms with E-state index in [4.69, 9.17) is 16.1 Å². The molecule has 0 spiro atoms. The minimum absolute atomic E-state index is 0.0424. The number of aromatic nitrogens is 3. The quantitative estimate of drug-likeness (QED) is 0.453. The van der Waals surface area contributed by atoms with Crippen LogP contribution in [0.5, 0.6) is 0 Å². The van der Waals surface area contributed by atoms with Gasteiger partial charge in [0.1, 0.15) is 16.2 Å². The highest BCUT2D eigenvalue weighted by Crippen LogP contribution is 2.45. The third-order valence-corrected chi connectivity index (χ3v) is 8.98. The summed E-state index contributed by atoms with van der Waals surface area (Å²) >= 11 is 5.90. The fourth-order valence-corrected chi connectivity index (χ4v) is 6.11. The molecule has 13 heteroatoms. The number of hydrogen-bond donors (Lipinski definition) is 2. The summed E-state index contributed by atoms with van der Waals surface area (Å²) in [5.41, 5.74) is 1.94. The SMILES string of the molecule is Cc1cc(NS(=O)(=O)C2(CN3CCc4c(C(=O)NCc5ccc(Cl)cc5)nn(C)c4C3=O)CC2)no1. The number of nitrogens with zero attached hydrogens (tertiary/aromatic N) is 4. The van der Waals surface area contributed by atoms with Crippen LogP contribution in [0.2, 0.25) is 5.02 Å². The molecule has 5 rings (SSSR count). The molecule has 2 aromatic heterocycles. The van der Waals surface area contributed by atoms with E-state index in [2.05, 4.69) is 20.3 Å². The Bertz CT molecular complexity index is 1440. The van der Waals surface area contributed by atoms with Crippen molar-refractivity contribution in [3.63, 3.8) is 0 Å². The molecule has 2 aliphatic rings. The van der Waals surface area contributed by atoms with Crippen molar-refractivity contribution in [2.45, 2.75) is 37.5 Å². The van der Waals surface area contributed by atoms with Crippen LogP contribution in [0.25, 0.3) is 0 Å². The summed E-state index contributed by atoms with van der Waals surface area (Å²) in [5, 5.41) is 11.5. The van der Waals surface area contributed by atoms with E-state index in [-0.39, 0.29) is 36.4 Å². The highest BCUT2D eigenvalue weighted by molar-refractivity contribution is 7.94. The van der Waals surface area contributed by atoms with Crippen LogP contribution in [-0.4, -0.2) is 57.9 Å². The van der Waals surface area contributed by atoms with Crippen molar-refractivity contribution in [3.8, 4) is 0 Å². The lowest BCUT2D eigenvalue weighted by Gasteiger charge is -2.30. The lowest BCUT2D eigenvalue weighted by Crippen LogP contribution is -2.47. The smallest absolute Gasteiger partial charge is 0.272 e. The second-order valence-electron chi connectivity index (χ2n) is 9.20. The molecule has 3 heterocycles. The number of halogens is 1. The number of benzene rings is 1. The van der Waals surface area contributed by atoms with E-state index >= 15 is 0 Å². The normalized spacial score (nSPS) is 16.5. The van der Waals surface area contributed by atoms with Gasteiger partial charge in [-0.05, 0) is 43.9 Å². The Hall–Kier alpha value is -3.38. The summed E-state index contributed by atoms with van der Waals surface area (Å²) in [7, 11) is -2.20. The molecule has 1 aliphatic carbocycles. The summed E-state index contributed by atoms with van der Waals surface area (Å²) < 4.78 is 33.9. The molecule has 2 amide bonds. The molecule has 1 saturated carbocycles. The molecule has 0 saturated heterocycles. The first-order valence-corrected chi connectivity index (χ1v) is 13.3. The predicted molar refractivity (Wildman–Crippen MR) is 131 cm³/mol. The van der Waals surface area contributed by atoms with Crippen molar-refractivity contribution in [2.24, 2.45) is 7.05 Å². The van der Waals surface area contributed by atoms with E-state index in [0.29, 0.717) is 47.8 Å². The molecule has 190 valence electrons. The van der Waals surface area contributed by atoms with E-state index in [1.54, 1.807) is 26.1 Å². The highest BCUT2D eigenvalue weighted by atomic mass is 35.5. The summed E-state index contributed by atoms with van der Waals surface area (Å²) in [6.45, 7) is 2.29. The third-order valence-electron chi connectivity index (χ3n) is 6.57. The molecule has 0 atom stereocenters. The van der Waals surface area contributed by atoms with Crippen LogP contribution in [-0.2, 0) is 30.0 Å². The van der Waals surface area contributed by atoms with Crippen LogP contribution in [0.4, 0.5) is 5.82 Å². The van der Waals surface area contributed by atoms with Gasteiger partial charge in [-0.3, -0.25) is 19.0 Å². The summed E-state index contributed by atoms with van der Waals surface area (Å²) in [4.78, 5) is 27.7. The monoisotopic (exact) mass is 532 g/mol. The van der Waals surface area contributed by atoms with Crippen molar-refractivity contribution >= 4 is 39.3 Å². The topological polar surface area (TPSA) is 139 Å². The van der Waals surface area contributed by atoms with Gasteiger partial charge in [-0.1, -0.05) is 28.9 Å². The fourth-order valence-electron chi connectivity index (χ4n) is 4.43. The number of carbonyl (C=O) groups is 2. The molecular weight excluding hydrogens is 508 g/mol. The zero-order valence-corrected chi connectivity index (χ0v) is 21.3. The van der Waals surface area contributed by atoms with Gasteiger partial charge in [-0.15, -0.1) is 0 Å². The fraction of sp³-hybridized carbons (Fsp3) is 0.391. The first kappa shape index (κ1) is 24.3. The van der Waals surface area contributed by atoms with Crippen molar-refractivity contribution in [1.82, 2.24) is 25.2 Å². The van der Waals surface area contributed by atoms with E-state index in [1.807, 2.05) is 12.1 Å². The van der Waals surface area contributed by atoms with Gasteiger partial charge in [0.15, 0.2) is 11.5 Å². The molecule has 1 fully saturated rings. The highest BCUT2D eigenvalue weighted by Gasteiger charge is 2.57. The minimum Gasteiger partial charge on any atom is -0.360 e. The van der Waals surface area contributed by atoms with Gasteiger partial charge in [0.05, 0.1) is 0 Å². The zero-order valence-electron chi connectivity index (χ0n) is 19.7. The van der Waals surface area contributed by atoms with Crippen LogP contribution < -0.4 is 10.0 Å². The van der Waals surface area contributed by atoms with Crippen molar-refractivity contribution in [2.75, 3.05) is 17.8 Å². The standard InChI is InChI=1S/C23H25ClN6O5S/c1-14-11-18(27-35-14)28-36(33,34)23(8-9-23)13-30-10-7-17-19(26-29(2)20(17)22(30)32)21(31)25-12-15-3-5-16(24)6-4-15/h3-6,11H,7-10,12-13H2,1-2H3,(H,25,31)(H,27,28). The molecule has 0 unspecified atom stereocenters. The summed E-state index contributed by atoms with van der Waals surface area (Å²) in [5.74, 6) is -0.120. The third kappa shape index (κ3) is 4.46. The molecule has 0 radical (unpaired) electrons. The number of rotatable bonds is 8. The van der Waals surface area contributed by atoms with Crippen molar-refractivity contribution in [3.05, 3.63) is 63.6 Å². The molecule has 1 aromatic carbocycles. The van der Waals surface area contributed by atoms with Crippen molar-refractivity contribution < 1.29 is 22.5 Å². The van der Waals surface area contributed by atoms with E-state index < -0.39 is 14.8 Å². The Morgan fingerprint density at radius 2 is 1.97 bits per heavy atom. The molecular formula is C23H25ClN6O5S. The molecule has 2 N–H and O–H groups in total. The lowest BCUT2D eigenvalue weighted by molar-refractivity contribution is 0.0724. The number of fused-ring (bicyclic) bond motifs is 1. The molecule has 11 nitrogen and oxygen atoms in total. The minimum atomic E-state index is -3.80. The maximum Gasteiger partial charge on any atom is 0.272 e. The number of hydrogen-bond acceptors (Lipinski definition) is 7. The second kappa shape index (κ2) is 8.93. The first-order chi connectivity index (χ1) is 17.1. The lowest BCUT2D eigenvalue weighted by atomic mass is 10.0. The van der Waals surface area contributed by atoms with Gasteiger partial charge in [0.25, 0.3) is 11.8 Å². The first-order valence-electron chi connectivity index (χ1n) is 11.4. The number of amides is 2. The van der Waals surface area contributed by atoms with Gasteiger partial charge in [-0.2, -0.15) is 5.10 Å². The van der Waals surface area contributed by atoms with Crippen LogP contribution in [0.15, 0.2) is 34.9 Å². The van der Waals surface area contributed by atoms with Crippen LogP contribution >= 0.6 is 11.6 Å². The Labute approximate surface area is 212 Å². The van der Waals surface area contributed by atoms with Gasteiger partial charge in [0, 0.05) is 43.3 Å². The number of carbonyl (C=O) groups excluding carboxylic acids is 2. The number of aryl methyl sites for hydroxylation is 2. The van der Waals surface area contributed by atoms with Gasteiger partial charge in [0.2, 0.25) is 10.0 Å². The van der Waals surface area contributed by atoms with Gasteiger partial charge >= 0.3 is 0 Å². The molecule has 3 aromatic rings. The Balaban J connectivity index is 1.29. The maximum absolute atomic E-state index is 13.4. The number of nitrogens with one attached hydrogen (secondary N) is 2. The van der Waals surface area contributed by atoms with Crippen LogP contribution in [0, 0.1) is 6.92 Å². The van der Waals surface area contributed by atoms with E-state index in [9.17, 15) is 18.0 Å². The zero-order chi connectivity index (χ0) is 25.7. The van der Waals surface area contributed by atoms with Gasteiger partial charge < -0.3 is 14.7 Å². The Morgan fingerprint density at radius 3 is 2.61 bits per heavy atom. The Morgan fingerprint density at radius 1 is 1.25 bits per heavy atom. The van der Waals surface area contributed by atoms with Crippen LogP contribution in [0.1, 0.15) is 50.7 Å². The molecule has 0 bridgehead atoms. The summed E-state index contributed by atoms with van der Waals surface area (Å²) in [6.07, 6.45) is 1.25. The summed E-state index contributed by atoms with van der Waals surface area (Å²) in [6, 6.07) is 8.62. The second-order valence-corrected chi connectivity index (χ2v) is 11.7. The largest absolute Gasteiger partial charge is 0.360 e. The number of anilines is 1. The van der Waals surface area contributed by atoms with Gasteiger partial charge in [-0.25, -0.2) is 8.42 Å². The average molecular weight is 533 g/mol.